The zero-order valence-electron chi connectivity index (χ0n) is 16.0. The molecule has 0 bridgehead atoms. The van der Waals surface area contributed by atoms with Crippen LogP contribution in [0, 0.1) is 5.82 Å². The molecule has 0 fully saturated rings. The minimum absolute atomic E-state index is 0.0111. The number of aromatic hydroxyl groups is 1. The average molecular weight is 467 g/mol. The van der Waals surface area contributed by atoms with E-state index in [1.807, 2.05) is 0 Å². The predicted molar refractivity (Wildman–Crippen MR) is 106 cm³/mol. The molecule has 4 rings (SSSR count). The summed E-state index contributed by atoms with van der Waals surface area (Å²) in [7, 11) is 0. The zero-order valence-corrected chi connectivity index (χ0v) is 16.7. The van der Waals surface area contributed by atoms with E-state index in [0.29, 0.717) is 11.6 Å². The first kappa shape index (κ1) is 21.6. The van der Waals surface area contributed by atoms with Gasteiger partial charge in [-0.25, -0.2) is 14.2 Å². The molecule has 0 saturated heterocycles. The molecule has 164 valence electrons. The van der Waals surface area contributed by atoms with Crippen molar-refractivity contribution in [2.45, 2.75) is 12.9 Å². The first-order valence-electron chi connectivity index (χ1n) is 9.06. The number of halogens is 5. The van der Waals surface area contributed by atoms with Crippen molar-refractivity contribution < 1.29 is 32.0 Å². The second-order valence-electron chi connectivity index (χ2n) is 6.70. The molecule has 32 heavy (non-hydrogen) atoms. The maximum absolute atomic E-state index is 14.6. The van der Waals surface area contributed by atoms with Crippen molar-refractivity contribution in [1.29, 1.82) is 0 Å². The van der Waals surface area contributed by atoms with E-state index in [9.17, 15) is 27.5 Å². The summed E-state index contributed by atoms with van der Waals surface area (Å²) in [5.41, 5.74) is -1.04. The third kappa shape index (κ3) is 4.22. The highest BCUT2D eigenvalue weighted by Crippen LogP contribution is 2.32. The van der Waals surface area contributed by atoms with Crippen molar-refractivity contribution in [2.24, 2.45) is 0 Å². The van der Waals surface area contributed by atoms with E-state index in [2.05, 4.69) is 9.72 Å². The summed E-state index contributed by atoms with van der Waals surface area (Å²) >= 11 is 5.80. The molecule has 0 aliphatic heterocycles. The molecule has 0 unspecified atom stereocenters. The molecule has 0 spiro atoms. The number of alkyl halides is 3. The van der Waals surface area contributed by atoms with Gasteiger partial charge in [0.2, 0.25) is 0 Å². The molecule has 11 heteroatoms. The van der Waals surface area contributed by atoms with E-state index in [1.165, 1.54) is 23.0 Å². The molecular weight excluding hydrogens is 454 g/mol. The smallest absolute Gasteiger partial charge is 0.477 e. The minimum atomic E-state index is -5.02. The van der Waals surface area contributed by atoms with Crippen LogP contribution in [-0.2, 0) is 6.54 Å². The van der Waals surface area contributed by atoms with E-state index in [0.717, 1.165) is 16.5 Å². The number of hydrogen-bond acceptors (Lipinski definition) is 4. The molecule has 0 aliphatic rings. The average Bonchev–Trinajstić information content (AvgIpc) is 2.74. The largest absolute Gasteiger partial charge is 0.573 e. The maximum atomic E-state index is 14.6. The van der Waals surface area contributed by atoms with Gasteiger partial charge in [-0.15, -0.1) is 13.2 Å². The first-order chi connectivity index (χ1) is 15.1. The number of pyridine rings is 2. The lowest BCUT2D eigenvalue weighted by Gasteiger charge is -2.13. The Kier molecular flexibility index (Phi) is 5.47. The second-order valence-corrected chi connectivity index (χ2v) is 7.08. The van der Waals surface area contributed by atoms with Gasteiger partial charge < -0.3 is 9.84 Å². The van der Waals surface area contributed by atoms with Crippen LogP contribution in [0.1, 0.15) is 5.56 Å². The van der Waals surface area contributed by atoms with Crippen LogP contribution < -0.4 is 14.9 Å². The fourth-order valence-corrected chi connectivity index (χ4v) is 3.36. The number of hydrogen-bond donors (Lipinski definition) is 1. The summed E-state index contributed by atoms with van der Waals surface area (Å²) in [6.07, 6.45) is -2.17. The van der Waals surface area contributed by atoms with E-state index < -0.39 is 40.5 Å². The van der Waals surface area contributed by atoms with Gasteiger partial charge in [0.05, 0.1) is 6.20 Å². The van der Waals surface area contributed by atoms with Gasteiger partial charge in [0, 0.05) is 23.4 Å². The summed E-state index contributed by atoms with van der Waals surface area (Å²) in [6, 6.07) is 10.1. The Balaban J connectivity index is 1.96. The lowest BCUT2D eigenvalue weighted by Crippen LogP contribution is -2.41. The van der Waals surface area contributed by atoms with E-state index >= 15 is 0 Å². The standard InChI is InChI=1S/C21H12ClF4N3O3/c22-16-7-4-12(10-27-16)11-29-17-3-1-2-8-28(17)19(30)18(20(29)31)14-9-13(5-6-15(14)23)32-21(24,25)26/h1-10H,11H2/p+1. The molecule has 1 aromatic carbocycles. The van der Waals surface area contributed by atoms with Crippen molar-refractivity contribution in [3.8, 4) is 22.8 Å². The van der Waals surface area contributed by atoms with Gasteiger partial charge in [0.1, 0.15) is 23.3 Å². The molecule has 4 aromatic rings. The van der Waals surface area contributed by atoms with Gasteiger partial charge >= 0.3 is 11.9 Å². The molecule has 0 aliphatic carbocycles. The van der Waals surface area contributed by atoms with E-state index in [-0.39, 0.29) is 17.3 Å². The van der Waals surface area contributed by atoms with Gasteiger partial charge in [-0.1, -0.05) is 23.7 Å². The Hall–Kier alpha value is -3.66. The molecule has 0 radical (unpaired) electrons. The van der Waals surface area contributed by atoms with Gasteiger partial charge in [0.25, 0.3) is 11.5 Å². The van der Waals surface area contributed by atoms with Crippen molar-refractivity contribution in [2.75, 3.05) is 0 Å². The number of benzene rings is 1. The molecular formula is C21H13ClF4N3O3+. The lowest BCUT2D eigenvalue weighted by molar-refractivity contribution is -0.671. The lowest BCUT2D eigenvalue weighted by atomic mass is 10.1. The van der Waals surface area contributed by atoms with Gasteiger partial charge in [-0.2, -0.15) is 8.97 Å². The Bertz CT molecular complexity index is 1370. The van der Waals surface area contributed by atoms with Crippen molar-refractivity contribution in [1.82, 2.24) is 9.38 Å². The van der Waals surface area contributed by atoms with Crippen LogP contribution in [0.2, 0.25) is 5.15 Å². The fourth-order valence-electron chi connectivity index (χ4n) is 3.25. The Morgan fingerprint density at radius 2 is 1.94 bits per heavy atom. The quantitative estimate of drug-likeness (QED) is 0.279. The summed E-state index contributed by atoms with van der Waals surface area (Å²) in [4.78, 5) is 17.0. The van der Waals surface area contributed by atoms with E-state index in [1.54, 1.807) is 24.3 Å². The predicted octanol–water partition coefficient (Wildman–Crippen LogP) is 4.09. The Labute approximate surface area is 182 Å². The van der Waals surface area contributed by atoms with Crippen LogP contribution in [0.3, 0.4) is 0 Å². The Morgan fingerprint density at radius 3 is 2.62 bits per heavy atom. The van der Waals surface area contributed by atoms with Crippen molar-refractivity contribution in [3.63, 3.8) is 0 Å². The number of fused-ring (bicyclic) bond motifs is 1. The van der Waals surface area contributed by atoms with Crippen molar-refractivity contribution in [3.05, 3.63) is 87.8 Å². The van der Waals surface area contributed by atoms with Crippen LogP contribution >= 0.6 is 11.6 Å². The highest BCUT2D eigenvalue weighted by molar-refractivity contribution is 6.29. The molecule has 0 saturated carbocycles. The molecule has 6 nitrogen and oxygen atoms in total. The maximum Gasteiger partial charge on any atom is 0.573 e. The summed E-state index contributed by atoms with van der Waals surface area (Å²) in [6.45, 7) is 0.0111. The van der Waals surface area contributed by atoms with Gasteiger partial charge in [-0.05, 0) is 30.3 Å². The molecule has 3 heterocycles. The number of aromatic nitrogens is 3. The molecule has 0 amide bonds. The van der Waals surface area contributed by atoms with Gasteiger partial charge in [-0.3, -0.25) is 0 Å². The summed E-state index contributed by atoms with van der Waals surface area (Å²) < 4.78 is 58.8. The topological polar surface area (TPSA) is 67.7 Å². The van der Waals surface area contributed by atoms with Crippen LogP contribution in [0.5, 0.6) is 11.6 Å². The number of ether oxygens (including phenoxy) is 1. The van der Waals surface area contributed by atoms with Gasteiger partial charge in [0.15, 0.2) is 5.56 Å². The third-order valence-electron chi connectivity index (χ3n) is 4.60. The van der Waals surface area contributed by atoms with Crippen LogP contribution in [-0.4, -0.2) is 20.9 Å². The highest BCUT2D eigenvalue weighted by atomic mass is 35.5. The summed E-state index contributed by atoms with van der Waals surface area (Å²) in [5, 5.41) is 11.2. The summed E-state index contributed by atoms with van der Waals surface area (Å²) in [5.74, 6) is -2.39. The fraction of sp³-hybridized carbons (Fsp3) is 0.0952. The third-order valence-corrected chi connectivity index (χ3v) is 4.82. The minimum Gasteiger partial charge on any atom is -0.477 e. The molecule has 1 N–H and O–H groups in total. The highest BCUT2D eigenvalue weighted by Gasteiger charge is 2.32. The van der Waals surface area contributed by atoms with Crippen LogP contribution in [0.4, 0.5) is 17.6 Å². The monoisotopic (exact) mass is 466 g/mol. The SMILES string of the molecule is O=c1c(-c2cc(OC(F)(F)F)ccc2F)c(O)[n+](Cc2ccc(Cl)nc2)c2ccccn12. The zero-order chi connectivity index (χ0) is 23.0. The number of rotatable bonds is 4. The second kappa shape index (κ2) is 8.12. The van der Waals surface area contributed by atoms with Crippen LogP contribution in [0.15, 0.2) is 65.7 Å². The van der Waals surface area contributed by atoms with E-state index in [4.69, 9.17) is 11.6 Å². The normalized spacial score (nSPS) is 11.7. The molecule has 3 aromatic heterocycles. The number of nitrogens with zero attached hydrogens (tertiary/aromatic N) is 3. The molecule has 0 atom stereocenters. The first-order valence-corrected chi connectivity index (χ1v) is 9.44. The van der Waals surface area contributed by atoms with Crippen molar-refractivity contribution >= 4 is 17.2 Å². The Morgan fingerprint density at radius 1 is 1.16 bits per heavy atom. The van der Waals surface area contributed by atoms with Crippen LogP contribution in [0.25, 0.3) is 16.8 Å².